The highest BCUT2D eigenvalue weighted by molar-refractivity contribution is 9.09. The van der Waals surface area contributed by atoms with E-state index in [0.717, 1.165) is 6.42 Å². The van der Waals surface area contributed by atoms with Gasteiger partial charge in [-0.2, -0.15) is 0 Å². The second kappa shape index (κ2) is 7.39. The summed E-state index contributed by atoms with van der Waals surface area (Å²) < 4.78 is 5.46. The molecule has 2 amide bonds. The third kappa shape index (κ3) is 3.20. The Morgan fingerprint density at radius 2 is 1.80 bits per heavy atom. The topological polar surface area (TPSA) is 84.5 Å². The van der Waals surface area contributed by atoms with E-state index in [2.05, 4.69) is 26.6 Å². The minimum atomic E-state index is -0.392. The number of carbonyl (C=O) groups is 3. The van der Waals surface area contributed by atoms with Crippen LogP contribution >= 0.6 is 27.5 Å². The normalized spacial score (nSPS) is 30.8. The van der Waals surface area contributed by atoms with Gasteiger partial charge in [-0.15, -0.1) is 0 Å². The zero-order chi connectivity index (χ0) is 21.0. The molecule has 0 spiro atoms. The van der Waals surface area contributed by atoms with Crippen molar-refractivity contribution in [1.29, 1.82) is 0 Å². The van der Waals surface area contributed by atoms with E-state index in [9.17, 15) is 14.4 Å². The average Bonchev–Trinajstić information content (AvgIpc) is 3.33. The van der Waals surface area contributed by atoms with E-state index in [1.54, 1.807) is 48.5 Å². The Hall–Kier alpha value is -2.38. The van der Waals surface area contributed by atoms with E-state index in [1.165, 1.54) is 0 Å². The van der Waals surface area contributed by atoms with Gasteiger partial charge in [-0.25, -0.2) is 0 Å². The molecule has 0 unspecified atom stereocenters. The molecule has 5 rings (SSSR count). The minimum absolute atomic E-state index is 0.0264. The van der Waals surface area contributed by atoms with Crippen LogP contribution in [0.15, 0.2) is 48.5 Å². The van der Waals surface area contributed by atoms with Crippen LogP contribution in [-0.4, -0.2) is 28.7 Å². The number of fused-ring (bicyclic) bond motifs is 1. The van der Waals surface area contributed by atoms with E-state index in [0.29, 0.717) is 22.0 Å². The van der Waals surface area contributed by atoms with Crippen molar-refractivity contribution in [2.24, 2.45) is 23.7 Å². The smallest absolute Gasteiger partial charge is 0.310 e. The first kappa shape index (κ1) is 19.6. The molecule has 6 atom stereocenters. The fourth-order valence-electron chi connectivity index (χ4n) is 5.03. The van der Waals surface area contributed by atoms with E-state index < -0.39 is 5.92 Å². The molecule has 154 valence electrons. The number of rotatable bonds is 4. The van der Waals surface area contributed by atoms with Gasteiger partial charge in [0.25, 0.3) is 5.91 Å². The molecule has 2 aromatic rings. The van der Waals surface area contributed by atoms with Crippen molar-refractivity contribution in [2.45, 2.75) is 17.4 Å². The third-order valence-electron chi connectivity index (χ3n) is 6.32. The molecule has 3 fully saturated rings. The standard InChI is InChI=1S/C22H18BrClN2O4/c23-18-14-9-15-17(22(29)30-19(15)18)16(14)21(28)25-12-6-4-10(5-7-12)20(27)26-13-3-1-2-11(24)8-13/h1-8,14-19H,9H2,(H,25,28)(H,26,27)/t14-,15-,16-,17-,18-,19+/m1/s1. The van der Waals surface area contributed by atoms with Gasteiger partial charge in [0.05, 0.1) is 16.7 Å². The van der Waals surface area contributed by atoms with Gasteiger partial charge < -0.3 is 15.4 Å². The Morgan fingerprint density at radius 3 is 2.53 bits per heavy atom. The van der Waals surface area contributed by atoms with Crippen LogP contribution in [0.4, 0.5) is 11.4 Å². The van der Waals surface area contributed by atoms with Crippen LogP contribution in [0, 0.1) is 23.7 Å². The summed E-state index contributed by atoms with van der Waals surface area (Å²) in [5.74, 6) is -1.23. The number of carbonyl (C=O) groups excluding carboxylic acids is 3. The van der Waals surface area contributed by atoms with Gasteiger partial charge in [0, 0.05) is 27.9 Å². The molecule has 2 aromatic carbocycles. The van der Waals surface area contributed by atoms with Crippen LogP contribution < -0.4 is 10.6 Å². The summed E-state index contributed by atoms with van der Waals surface area (Å²) in [5.41, 5.74) is 1.64. The van der Waals surface area contributed by atoms with Crippen molar-refractivity contribution in [2.75, 3.05) is 10.6 Å². The fourth-order valence-corrected chi connectivity index (χ4v) is 6.27. The highest BCUT2D eigenvalue weighted by atomic mass is 79.9. The number of halogens is 2. The maximum absolute atomic E-state index is 12.9. The zero-order valence-electron chi connectivity index (χ0n) is 15.7. The molecule has 0 aromatic heterocycles. The zero-order valence-corrected chi connectivity index (χ0v) is 18.0. The van der Waals surface area contributed by atoms with Crippen LogP contribution in [0.5, 0.6) is 0 Å². The Kier molecular flexibility index (Phi) is 4.82. The quantitative estimate of drug-likeness (QED) is 0.500. The fraction of sp³-hybridized carbons (Fsp3) is 0.318. The first-order valence-electron chi connectivity index (χ1n) is 9.75. The van der Waals surface area contributed by atoms with Crippen LogP contribution in [0.3, 0.4) is 0 Å². The van der Waals surface area contributed by atoms with Crippen molar-refractivity contribution in [3.8, 4) is 0 Å². The molecule has 1 heterocycles. The molecule has 8 heteroatoms. The number of amides is 2. The third-order valence-corrected chi connectivity index (χ3v) is 7.76. The summed E-state index contributed by atoms with van der Waals surface area (Å²) in [7, 11) is 0. The number of nitrogens with one attached hydrogen (secondary N) is 2. The average molecular weight is 490 g/mol. The predicted molar refractivity (Wildman–Crippen MR) is 116 cm³/mol. The maximum Gasteiger partial charge on any atom is 0.310 e. The molecular weight excluding hydrogens is 472 g/mol. The molecule has 3 aliphatic rings. The highest BCUT2D eigenvalue weighted by Crippen LogP contribution is 2.60. The first-order chi connectivity index (χ1) is 14.4. The number of alkyl halides is 1. The predicted octanol–water partition coefficient (Wildman–Crippen LogP) is 4.10. The Labute approximate surface area is 186 Å². The van der Waals surface area contributed by atoms with E-state index in [4.69, 9.17) is 16.3 Å². The second-order valence-corrected chi connectivity index (χ2v) is 9.49. The summed E-state index contributed by atoms with van der Waals surface area (Å²) >= 11 is 9.56. The molecule has 30 heavy (non-hydrogen) atoms. The summed E-state index contributed by atoms with van der Waals surface area (Å²) in [6.07, 6.45) is 0.728. The second-order valence-electron chi connectivity index (χ2n) is 7.99. The van der Waals surface area contributed by atoms with Crippen LogP contribution in [0.25, 0.3) is 0 Å². The van der Waals surface area contributed by atoms with Gasteiger partial charge in [-0.3, -0.25) is 14.4 Å². The van der Waals surface area contributed by atoms with Crippen LogP contribution in [0.1, 0.15) is 16.8 Å². The minimum Gasteiger partial charge on any atom is -0.461 e. The van der Waals surface area contributed by atoms with Gasteiger partial charge in [-0.05, 0) is 54.8 Å². The Morgan fingerprint density at radius 1 is 1.03 bits per heavy atom. The molecule has 2 N–H and O–H groups in total. The monoisotopic (exact) mass is 488 g/mol. The van der Waals surface area contributed by atoms with E-state index in [-0.39, 0.29) is 46.5 Å². The Balaban J connectivity index is 1.26. The molecule has 1 aliphatic heterocycles. The van der Waals surface area contributed by atoms with E-state index >= 15 is 0 Å². The lowest BCUT2D eigenvalue weighted by atomic mass is 9.79. The van der Waals surface area contributed by atoms with E-state index in [1.807, 2.05) is 0 Å². The number of hydrogen-bond donors (Lipinski definition) is 2. The summed E-state index contributed by atoms with van der Waals surface area (Å²) in [6.45, 7) is 0. The Bertz CT molecular complexity index is 1040. The number of anilines is 2. The van der Waals surface area contributed by atoms with Gasteiger partial charge in [0.2, 0.25) is 5.91 Å². The van der Waals surface area contributed by atoms with Crippen molar-refractivity contribution >= 4 is 56.7 Å². The molecule has 1 saturated heterocycles. The van der Waals surface area contributed by atoms with Gasteiger partial charge in [-0.1, -0.05) is 33.6 Å². The number of benzene rings is 2. The molecule has 0 radical (unpaired) electrons. The molecule has 2 aliphatic carbocycles. The van der Waals surface area contributed by atoms with Gasteiger partial charge in [0.15, 0.2) is 0 Å². The highest BCUT2D eigenvalue weighted by Gasteiger charge is 2.67. The summed E-state index contributed by atoms with van der Waals surface area (Å²) in [6, 6.07) is 13.5. The van der Waals surface area contributed by atoms with Gasteiger partial charge >= 0.3 is 5.97 Å². The van der Waals surface area contributed by atoms with Crippen LogP contribution in [0.2, 0.25) is 5.02 Å². The SMILES string of the molecule is O=C(Nc1cccc(Cl)c1)c1ccc(NC(=O)[C@@H]2[C@H]3C[C@H]4[C@H](OC(=O)[C@H]42)[C@@H]3Br)cc1. The van der Waals surface area contributed by atoms with Crippen molar-refractivity contribution in [3.05, 3.63) is 59.1 Å². The van der Waals surface area contributed by atoms with Crippen molar-refractivity contribution in [3.63, 3.8) is 0 Å². The number of ether oxygens (including phenoxy) is 1. The lowest BCUT2D eigenvalue weighted by Crippen LogP contribution is -2.40. The summed E-state index contributed by atoms with van der Waals surface area (Å²) in [5, 5.41) is 6.22. The maximum atomic E-state index is 12.9. The summed E-state index contributed by atoms with van der Waals surface area (Å²) in [4.78, 5) is 37.6. The molecular formula is C22H18BrClN2O4. The lowest BCUT2D eigenvalue weighted by Gasteiger charge is -2.27. The molecule has 6 nitrogen and oxygen atoms in total. The molecule has 2 bridgehead atoms. The van der Waals surface area contributed by atoms with Crippen molar-refractivity contribution in [1.82, 2.24) is 0 Å². The number of hydrogen-bond acceptors (Lipinski definition) is 4. The van der Waals surface area contributed by atoms with Crippen LogP contribution in [-0.2, 0) is 14.3 Å². The largest absolute Gasteiger partial charge is 0.461 e. The molecule has 2 saturated carbocycles. The van der Waals surface area contributed by atoms with Crippen molar-refractivity contribution < 1.29 is 19.1 Å². The number of esters is 1. The first-order valence-corrected chi connectivity index (χ1v) is 11.0. The lowest BCUT2D eigenvalue weighted by molar-refractivity contribution is -0.145. The van der Waals surface area contributed by atoms with Gasteiger partial charge in [0.1, 0.15) is 6.10 Å².